The highest BCUT2D eigenvalue weighted by molar-refractivity contribution is 7.98. The number of carbonyl (C=O) groups is 2. The Morgan fingerprint density at radius 1 is 1.36 bits per heavy atom. The maximum Gasteiger partial charge on any atom is 0.317 e. The molecule has 25 heavy (non-hydrogen) atoms. The summed E-state index contributed by atoms with van der Waals surface area (Å²) in [7, 11) is 1.86. The van der Waals surface area contributed by atoms with Crippen molar-refractivity contribution in [2.75, 3.05) is 44.8 Å². The summed E-state index contributed by atoms with van der Waals surface area (Å²) < 4.78 is 0. The van der Waals surface area contributed by atoms with Crippen LogP contribution in [0.2, 0.25) is 0 Å². The van der Waals surface area contributed by atoms with Crippen LogP contribution in [0.4, 0.5) is 5.69 Å². The summed E-state index contributed by atoms with van der Waals surface area (Å²) >= 11 is 1.65. The van der Waals surface area contributed by atoms with E-state index < -0.39 is 5.97 Å². The van der Waals surface area contributed by atoms with Crippen LogP contribution in [0, 0.1) is 0 Å². The molecule has 1 aliphatic heterocycles. The van der Waals surface area contributed by atoms with Crippen molar-refractivity contribution in [3.63, 3.8) is 0 Å². The summed E-state index contributed by atoms with van der Waals surface area (Å²) in [6.07, 6.45) is 4.84. The largest absolute Gasteiger partial charge is 0.480 e. The molecule has 6 nitrogen and oxygen atoms in total. The summed E-state index contributed by atoms with van der Waals surface area (Å²) in [5, 5.41) is 11.9. The van der Waals surface area contributed by atoms with Crippen molar-refractivity contribution in [1.29, 1.82) is 0 Å². The number of aliphatic carboxylic acids is 1. The van der Waals surface area contributed by atoms with E-state index in [2.05, 4.69) is 10.2 Å². The molecule has 1 amide bonds. The van der Waals surface area contributed by atoms with Gasteiger partial charge in [-0.3, -0.25) is 19.4 Å². The van der Waals surface area contributed by atoms with Gasteiger partial charge in [-0.05, 0) is 57.3 Å². The highest BCUT2D eigenvalue weighted by Crippen LogP contribution is 2.19. The van der Waals surface area contributed by atoms with Gasteiger partial charge in [-0.15, -0.1) is 11.8 Å². The summed E-state index contributed by atoms with van der Waals surface area (Å²) in [5.74, 6) is -0.800. The summed E-state index contributed by atoms with van der Waals surface area (Å²) in [4.78, 5) is 28.3. The Kier molecular flexibility index (Phi) is 7.74. The van der Waals surface area contributed by atoms with Crippen molar-refractivity contribution in [3.05, 3.63) is 24.3 Å². The molecule has 0 aliphatic carbocycles. The van der Waals surface area contributed by atoms with Crippen molar-refractivity contribution in [2.24, 2.45) is 0 Å². The van der Waals surface area contributed by atoms with Crippen LogP contribution in [0.1, 0.15) is 19.3 Å². The van der Waals surface area contributed by atoms with Crippen molar-refractivity contribution >= 4 is 29.3 Å². The molecule has 1 saturated heterocycles. The van der Waals surface area contributed by atoms with E-state index in [1.54, 1.807) is 11.8 Å². The lowest BCUT2D eigenvalue weighted by Crippen LogP contribution is -2.37. The van der Waals surface area contributed by atoms with E-state index in [0.717, 1.165) is 42.9 Å². The maximum absolute atomic E-state index is 12.3. The van der Waals surface area contributed by atoms with Crippen molar-refractivity contribution in [3.8, 4) is 0 Å². The molecule has 1 fully saturated rings. The van der Waals surface area contributed by atoms with E-state index in [1.807, 2.05) is 42.5 Å². The molecular weight excluding hydrogens is 338 g/mol. The van der Waals surface area contributed by atoms with Crippen LogP contribution in [0.3, 0.4) is 0 Å². The molecule has 1 unspecified atom stereocenters. The molecule has 0 bridgehead atoms. The number of nitrogens with one attached hydrogen (secondary N) is 1. The third-order valence-electron chi connectivity index (χ3n) is 4.52. The molecule has 1 aromatic rings. The molecule has 2 rings (SSSR count). The number of likely N-dealkylation sites (N-methyl/N-ethyl adjacent to an activating group) is 1. The van der Waals surface area contributed by atoms with Gasteiger partial charge in [0.2, 0.25) is 5.91 Å². The van der Waals surface area contributed by atoms with Crippen LogP contribution in [0.15, 0.2) is 29.2 Å². The van der Waals surface area contributed by atoms with E-state index in [-0.39, 0.29) is 18.5 Å². The van der Waals surface area contributed by atoms with E-state index in [9.17, 15) is 9.59 Å². The van der Waals surface area contributed by atoms with Gasteiger partial charge < -0.3 is 10.4 Å². The molecule has 1 atom stereocenters. The SMILES string of the molecule is CSc1cccc(NC(=O)CN2CCCC(N(C)CC(=O)O)CC2)c1. The van der Waals surface area contributed by atoms with E-state index >= 15 is 0 Å². The Morgan fingerprint density at radius 2 is 2.16 bits per heavy atom. The molecule has 0 aromatic heterocycles. The van der Waals surface area contributed by atoms with Crippen LogP contribution < -0.4 is 5.32 Å². The smallest absolute Gasteiger partial charge is 0.317 e. The number of likely N-dealkylation sites (tertiary alicyclic amines) is 1. The standard InChI is InChI=1S/C18H27N3O3S/c1-20(13-18(23)24)15-6-4-9-21(10-8-15)12-17(22)19-14-5-3-7-16(11-14)25-2/h3,5,7,11,15H,4,6,8-10,12-13H2,1-2H3,(H,19,22)(H,23,24). The van der Waals surface area contributed by atoms with E-state index in [1.165, 1.54) is 0 Å². The number of hydrogen-bond acceptors (Lipinski definition) is 5. The van der Waals surface area contributed by atoms with Crippen LogP contribution in [-0.2, 0) is 9.59 Å². The number of carbonyl (C=O) groups excluding carboxylic acids is 1. The number of anilines is 1. The van der Waals surface area contributed by atoms with Gasteiger partial charge in [-0.25, -0.2) is 0 Å². The maximum atomic E-state index is 12.3. The molecule has 1 heterocycles. The Hall–Kier alpha value is -1.57. The number of carboxylic acid groups (broad SMARTS) is 1. The van der Waals surface area contributed by atoms with Gasteiger partial charge in [0.15, 0.2) is 0 Å². The van der Waals surface area contributed by atoms with E-state index in [4.69, 9.17) is 5.11 Å². The lowest BCUT2D eigenvalue weighted by atomic mass is 10.1. The molecule has 0 radical (unpaired) electrons. The number of carboxylic acids is 1. The molecule has 1 aliphatic rings. The van der Waals surface area contributed by atoms with Crippen LogP contribution in [-0.4, -0.2) is 72.3 Å². The predicted octanol–water partition coefficient (Wildman–Crippen LogP) is 2.22. The number of hydrogen-bond donors (Lipinski definition) is 2. The van der Waals surface area contributed by atoms with Gasteiger partial charge in [-0.1, -0.05) is 6.07 Å². The van der Waals surface area contributed by atoms with Gasteiger partial charge in [0, 0.05) is 23.2 Å². The fourth-order valence-electron chi connectivity index (χ4n) is 3.18. The first-order valence-electron chi connectivity index (χ1n) is 8.56. The van der Waals surface area contributed by atoms with Crippen LogP contribution in [0.5, 0.6) is 0 Å². The number of rotatable bonds is 7. The minimum atomic E-state index is -0.796. The second kappa shape index (κ2) is 9.79. The molecule has 1 aromatic carbocycles. The second-order valence-corrected chi connectivity index (χ2v) is 7.33. The van der Waals surface area contributed by atoms with Crippen LogP contribution in [0.25, 0.3) is 0 Å². The van der Waals surface area contributed by atoms with Gasteiger partial charge in [0.05, 0.1) is 13.1 Å². The van der Waals surface area contributed by atoms with E-state index in [0.29, 0.717) is 6.54 Å². The first-order chi connectivity index (χ1) is 12.0. The first kappa shape index (κ1) is 19.8. The number of amides is 1. The average Bonchev–Trinajstić information content (AvgIpc) is 2.80. The minimum absolute atomic E-state index is 0.00408. The van der Waals surface area contributed by atoms with Crippen LogP contribution >= 0.6 is 11.8 Å². The molecule has 2 N–H and O–H groups in total. The lowest BCUT2D eigenvalue weighted by molar-refractivity contribution is -0.138. The number of benzene rings is 1. The van der Waals surface area contributed by atoms with Gasteiger partial charge in [-0.2, -0.15) is 0 Å². The topological polar surface area (TPSA) is 72.9 Å². The van der Waals surface area contributed by atoms with Crippen molar-refractivity contribution in [1.82, 2.24) is 9.80 Å². The quantitative estimate of drug-likeness (QED) is 0.722. The van der Waals surface area contributed by atoms with Crippen molar-refractivity contribution < 1.29 is 14.7 Å². The Bertz CT molecular complexity index is 597. The molecular formula is C18H27N3O3S. The normalized spacial score (nSPS) is 18.8. The Labute approximate surface area is 153 Å². The predicted molar refractivity (Wildman–Crippen MR) is 101 cm³/mol. The first-order valence-corrected chi connectivity index (χ1v) is 9.78. The molecule has 0 spiro atoms. The average molecular weight is 365 g/mol. The van der Waals surface area contributed by atoms with Gasteiger partial charge >= 0.3 is 5.97 Å². The monoisotopic (exact) mass is 365 g/mol. The third-order valence-corrected chi connectivity index (χ3v) is 5.24. The fraction of sp³-hybridized carbons (Fsp3) is 0.556. The highest BCUT2D eigenvalue weighted by atomic mass is 32.2. The Morgan fingerprint density at radius 3 is 2.88 bits per heavy atom. The summed E-state index contributed by atoms with van der Waals surface area (Å²) in [6, 6.07) is 8.10. The minimum Gasteiger partial charge on any atom is -0.480 e. The van der Waals surface area contributed by atoms with Gasteiger partial charge in [0.1, 0.15) is 0 Å². The highest BCUT2D eigenvalue weighted by Gasteiger charge is 2.22. The lowest BCUT2D eigenvalue weighted by Gasteiger charge is -2.25. The van der Waals surface area contributed by atoms with Gasteiger partial charge in [0.25, 0.3) is 0 Å². The number of nitrogens with zero attached hydrogens (tertiary/aromatic N) is 2. The zero-order valence-corrected chi connectivity index (χ0v) is 15.7. The zero-order valence-electron chi connectivity index (χ0n) is 14.9. The third kappa shape index (κ3) is 6.68. The number of thioether (sulfide) groups is 1. The Balaban J connectivity index is 1.82. The molecule has 138 valence electrons. The summed E-state index contributed by atoms with van der Waals surface area (Å²) in [5.41, 5.74) is 0.825. The zero-order chi connectivity index (χ0) is 18.2. The van der Waals surface area contributed by atoms with Crippen molar-refractivity contribution in [2.45, 2.75) is 30.2 Å². The summed E-state index contributed by atoms with van der Waals surface area (Å²) in [6.45, 7) is 2.12. The fourth-order valence-corrected chi connectivity index (χ4v) is 3.64. The second-order valence-electron chi connectivity index (χ2n) is 6.45. The molecule has 0 saturated carbocycles. The molecule has 7 heteroatoms.